The molecule has 0 aliphatic heterocycles. The van der Waals surface area contributed by atoms with Crippen LogP contribution in [0.3, 0.4) is 0 Å². The Hall–Kier alpha value is -1.46. The van der Waals surface area contributed by atoms with E-state index in [2.05, 4.69) is 20.6 Å². The van der Waals surface area contributed by atoms with Crippen molar-refractivity contribution in [2.45, 2.75) is 12.5 Å². The topological polar surface area (TPSA) is 80.5 Å². The van der Waals surface area contributed by atoms with E-state index in [-0.39, 0.29) is 6.04 Å². The van der Waals surface area contributed by atoms with Crippen LogP contribution in [0.4, 0.5) is 0 Å². The van der Waals surface area contributed by atoms with Gasteiger partial charge in [0.2, 0.25) is 0 Å². The molecule has 1 aromatic heterocycles. The molecule has 78 valence electrons. The van der Waals surface area contributed by atoms with Crippen LogP contribution in [0.1, 0.15) is 17.4 Å². The minimum Gasteiger partial charge on any atom is -0.321 e. The highest BCUT2D eigenvalue weighted by Crippen LogP contribution is 2.14. The number of aromatic nitrogens is 4. The lowest BCUT2D eigenvalue weighted by atomic mass is 10.1. The first-order valence-corrected chi connectivity index (χ1v) is 4.87. The molecule has 6 heteroatoms. The van der Waals surface area contributed by atoms with Crippen LogP contribution in [0.5, 0.6) is 0 Å². The molecule has 0 unspecified atom stereocenters. The molecule has 0 spiro atoms. The Kier molecular flexibility index (Phi) is 2.94. The summed E-state index contributed by atoms with van der Waals surface area (Å²) >= 11 is 5.78. The van der Waals surface area contributed by atoms with Gasteiger partial charge in [0, 0.05) is 5.02 Å². The summed E-state index contributed by atoms with van der Waals surface area (Å²) in [6.45, 7) is 0. The van der Waals surface area contributed by atoms with E-state index in [1.807, 2.05) is 24.3 Å². The predicted molar refractivity (Wildman–Crippen MR) is 56.3 cm³/mol. The fraction of sp³-hybridized carbons (Fsp3) is 0.222. The first kappa shape index (κ1) is 10.1. The molecule has 3 N–H and O–H groups in total. The van der Waals surface area contributed by atoms with Crippen LogP contribution in [0.25, 0.3) is 0 Å². The molecule has 0 saturated carbocycles. The summed E-state index contributed by atoms with van der Waals surface area (Å²) in [7, 11) is 0. The summed E-state index contributed by atoms with van der Waals surface area (Å²) in [6, 6.07) is 7.29. The van der Waals surface area contributed by atoms with Crippen molar-refractivity contribution in [1.29, 1.82) is 0 Å². The van der Waals surface area contributed by atoms with Gasteiger partial charge < -0.3 is 5.73 Å². The number of nitrogens with zero attached hydrogens (tertiary/aromatic N) is 3. The number of hydrogen-bond acceptors (Lipinski definition) is 4. The summed E-state index contributed by atoms with van der Waals surface area (Å²) in [5.41, 5.74) is 6.99. The second-order valence-corrected chi connectivity index (χ2v) is 3.64. The van der Waals surface area contributed by atoms with E-state index in [0.29, 0.717) is 17.3 Å². The van der Waals surface area contributed by atoms with Crippen molar-refractivity contribution in [2.24, 2.45) is 5.73 Å². The van der Waals surface area contributed by atoms with Crippen LogP contribution >= 0.6 is 11.6 Å². The van der Waals surface area contributed by atoms with Crippen LogP contribution in [0, 0.1) is 0 Å². The number of hydrogen-bond donors (Lipinski definition) is 2. The highest BCUT2D eigenvalue weighted by Gasteiger charge is 2.11. The molecule has 1 atom stereocenters. The summed E-state index contributed by atoms with van der Waals surface area (Å²) in [5, 5.41) is 14.2. The average molecular weight is 224 g/mol. The van der Waals surface area contributed by atoms with E-state index >= 15 is 0 Å². The van der Waals surface area contributed by atoms with Gasteiger partial charge in [-0.3, -0.25) is 0 Å². The van der Waals surface area contributed by atoms with Gasteiger partial charge in [-0.15, -0.1) is 10.2 Å². The maximum atomic E-state index is 5.89. The lowest BCUT2D eigenvalue weighted by molar-refractivity contribution is 0.669. The van der Waals surface area contributed by atoms with Crippen molar-refractivity contribution in [2.75, 3.05) is 0 Å². The molecule has 2 rings (SSSR count). The smallest absolute Gasteiger partial charge is 0.191 e. The highest BCUT2D eigenvalue weighted by atomic mass is 35.5. The minimum absolute atomic E-state index is 0.245. The summed E-state index contributed by atoms with van der Waals surface area (Å²) in [4.78, 5) is 0. The third-order valence-electron chi connectivity index (χ3n) is 2.06. The molecule has 0 bridgehead atoms. The Morgan fingerprint density at radius 3 is 2.67 bits per heavy atom. The summed E-state index contributed by atoms with van der Waals surface area (Å²) in [5.74, 6) is 0.518. The summed E-state index contributed by atoms with van der Waals surface area (Å²) in [6.07, 6.45) is 0.663. The molecule has 0 aliphatic rings. The Balaban J connectivity index is 2.06. The number of benzene rings is 1. The van der Waals surface area contributed by atoms with Gasteiger partial charge in [-0.25, -0.2) is 0 Å². The molecular formula is C9H10ClN5. The number of nitrogens with one attached hydrogen (secondary N) is 1. The molecule has 0 radical (unpaired) electrons. The zero-order valence-corrected chi connectivity index (χ0v) is 8.65. The predicted octanol–water partition coefficient (Wildman–Crippen LogP) is 1.10. The largest absolute Gasteiger partial charge is 0.321 e. The van der Waals surface area contributed by atoms with Crippen LogP contribution in [-0.2, 0) is 6.42 Å². The van der Waals surface area contributed by atoms with Crippen LogP contribution < -0.4 is 5.73 Å². The zero-order chi connectivity index (χ0) is 10.7. The van der Waals surface area contributed by atoms with Gasteiger partial charge >= 0.3 is 0 Å². The van der Waals surface area contributed by atoms with Crippen molar-refractivity contribution >= 4 is 11.6 Å². The van der Waals surface area contributed by atoms with Gasteiger partial charge in [0.05, 0.1) is 6.04 Å². The van der Waals surface area contributed by atoms with Crippen molar-refractivity contribution < 1.29 is 0 Å². The van der Waals surface area contributed by atoms with E-state index in [0.717, 1.165) is 5.56 Å². The maximum absolute atomic E-state index is 5.89. The lowest BCUT2D eigenvalue weighted by Crippen LogP contribution is -2.15. The van der Waals surface area contributed by atoms with E-state index in [1.165, 1.54) is 0 Å². The fourth-order valence-electron chi connectivity index (χ4n) is 1.29. The average Bonchev–Trinajstić information content (AvgIpc) is 2.74. The van der Waals surface area contributed by atoms with Crippen LogP contribution in [-0.4, -0.2) is 20.6 Å². The van der Waals surface area contributed by atoms with Gasteiger partial charge in [-0.05, 0) is 24.1 Å². The van der Waals surface area contributed by atoms with Gasteiger partial charge in [0.25, 0.3) is 0 Å². The second-order valence-electron chi connectivity index (χ2n) is 3.21. The van der Waals surface area contributed by atoms with Gasteiger partial charge in [-0.1, -0.05) is 28.9 Å². The molecule has 0 fully saturated rings. The Morgan fingerprint density at radius 2 is 2.07 bits per heavy atom. The first-order valence-electron chi connectivity index (χ1n) is 4.49. The summed E-state index contributed by atoms with van der Waals surface area (Å²) < 4.78 is 0. The van der Waals surface area contributed by atoms with Crippen LogP contribution in [0.2, 0.25) is 5.02 Å². The number of H-pyrrole nitrogens is 1. The molecule has 0 aliphatic carbocycles. The van der Waals surface area contributed by atoms with Gasteiger partial charge in [0.15, 0.2) is 5.82 Å². The van der Waals surface area contributed by atoms with Gasteiger partial charge in [-0.2, -0.15) is 5.21 Å². The second kappa shape index (κ2) is 4.37. The van der Waals surface area contributed by atoms with E-state index in [9.17, 15) is 0 Å². The number of halogens is 1. The normalized spacial score (nSPS) is 12.7. The number of aromatic amines is 1. The monoisotopic (exact) mass is 223 g/mol. The number of nitrogens with two attached hydrogens (primary N) is 1. The Morgan fingerprint density at radius 1 is 1.33 bits per heavy atom. The van der Waals surface area contributed by atoms with Gasteiger partial charge in [0.1, 0.15) is 0 Å². The third-order valence-corrected chi connectivity index (χ3v) is 2.31. The van der Waals surface area contributed by atoms with Crippen molar-refractivity contribution in [3.8, 4) is 0 Å². The number of tetrazole rings is 1. The molecule has 1 aromatic carbocycles. The van der Waals surface area contributed by atoms with Crippen molar-refractivity contribution in [3.05, 3.63) is 40.7 Å². The maximum Gasteiger partial charge on any atom is 0.191 e. The standard InChI is InChI=1S/C9H10ClN5/c10-7-3-1-6(2-4-7)5-8(11)9-12-14-15-13-9/h1-4,8H,5,11H2,(H,12,13,14,15)/t8-/m1/s1. The minimum atomic E-state index is -0.245. The molecular weight excluding hydrogens is 214 g/mol. The Labute approximate surface area is 91.6 Å². The molecule has 0 amide bonds. The lowest BCUT2D eigenvalue weighted by Gasteiger charge is -2.06. The molecule has 5 nitrogen and oxygen atoms in total. The van der Waals surface area contributed by atoms with E-state index < -0.39 is 0 Å². The van der Waals surface area contributed by atoms with Crippen molar-refractivity contribution in [1.82, 2.24) is 20.6 Å². The van der Waals surface area contributed by atoms with Crippen LogP contribution in [0.15, 0.2) is 24.3 Å². The Bertz CT molecular complexity index is 411. The SMILES string of the molecule is N[C@H](Cc1ccc(Cl)cc1)c1nn[nH]n1. The first-order chi connectivity index (χ1) is 7.25. The molecule has 0 saturated heterocycles. The zero-order valence-electron chi connectivity index (χ0n) is 7.89. The third kappa shape index (κ3) is 2.51. The fourth-order valence-corrected chi connectivity index (χ4v) is 1.42. The number of rotatable bonds is 3. The molecule has 2 aromatic rings. The highest BCUT2D eigenvalue weighted by molar-refractivity contribution is 6.30. The van der Waals surface area contributed by atoms with E-state index in [1.54, 1.807) is 0 Å². The van der Waals surface area contributed by atoms with E-state index in [4.69, 9.17) is 17.3 Å². The molecule has 1 heterocycles. The molecule has 15 heavy (non-hydrogen) atoms. The van der Waals surface area contributed by atoms with Crippen molar-refractivity contribution in [3.63, 3.8) is 0 Å². The quantitative estimate of drug-likeness (QED) is 0.817.